The highest BCUT2D eigenvalue weighted by Crippen LogP contribution is 2.25. The summed E-state index contributed by atoms with van der Waals surface area (Å²) in [5, 5.41) is 8.81. The van der Waals surface area contributed by atoms with E-state index < -0.39 is 10.0 Å². The first-order valence-electron chi connectivity index (χ1n) is 8.70. The predicted molar refractivity (Wildman–Crippen MR) is 100 cm³/mol. The van der Waals surface area contributed by atoms with E-state index in [9.17, 15) is 8.42 Å². The molecule has 0 bridgehead atoms. The number of nitrogen functional groups attached to an aromatic ring is 1. The molecule has 1 aliphatic heterocycles. The third-order valence-electron chi connectivity index (χ3n) is 4.82. The van der Waals surface area contributed by atoms with Gasteiger partial charge in [0.25, 0.3) is 0 Å². The van der Waals surface area contributed by atoms with Crippen molar-refractivity contribution in [1.82, 2.24) is 19.3 Å². The molecule has 0 radical (unpaired) electrons. The Hall–Kier alpha value is -2.45. The molecule has 8 heteroatoms. The van der Waals surface area contributed by atoms with E-state index >= 15 is 0 Å². The number of nitrogens with two attached hydrogens (primary N) is 1. The quantitative estimate of drug-likeness (QED) is 0.714. The van der Waals surface area contributed by atoms with Crippen molar-refractivity contribution >= 4 is 26.7 Å². The number of piperidine rings is 1. The highest BCUT2D eigenvalue weighted by molar-refractivity contribution is 7.89. The standard InChI is InChI=1S/C18H21N5O2S/c1-13-4-2-3-11-22(13)26(24,25)16-8-6-15(7-9-16)23-20-17-10-5-14(19)12-18(17)21-23/h5-10,12-13H,2-4,11,19H2,1H3/t13-/m0/s1. The molecular formula is C18H21N5O2S. The van der Waals surface area contributed by atoms with E-state index in [1.807, 2.05) is 13.0 Å². The van der Waals surface area contributed by atoms with E-state index in [0.29, 0.717) is 28.3 Å². The van der Waals surface area contributed by atoms with Crippen LogP contribution in [-0.4, -0.2) is 40.3 Å². The topological polar surface area (TPSA) is 94.1 Å². The number of hydrogen-bond donors (Lipinski definition) is 1. The molecule has 136 valence electrons. The van der Waals surface area contributed by atoms with Crippen molar-refractivity contribution in [3.05, 3.63) is 42.5 Å². The van der Waals surface area contributed by atoms with Gasteiger partial charge in [0.1, 0.15) is 11.0 Å². The zero-order valence-electron chi connectivity index (χ0n) is 14.5. The minimum Gasteiger partial charge on any atom is -0.399 e. The van der Waals surface area contributed by atoms with Crippen LogP contribution in [0.2, 0.25) is 0 Å². The molecule has 3 aromatic rings. The van der Waals surface area contributed by atoms with Crippen molar-refractivity contribution in [2.75, 3.05) is 12.3 Å². The summed E-state index contributed by atoms with van der Waals surface area (Å²) in [6.07, 6.45) is 2.90. The van der Waals surface area contributed by atoms with Gasteiger partial charge >= 0.3 is 0 Å². The van der Waals surface area contributed by atoms with Crippen LogP contribution < -0.4 is 5.73 Å². The van der Waals surface area contributed by atoms with Crippen LogP contribution in [0.3, 0.4) is 0 Å². The lowest BCUT2D eigenvalue weighted by Crippen LogP contribution is -2.41. The Morgan fingerprint density at radius 3 is 2.50 bits per heavy atom. The average Bonchev–Trinajstić information content (AvgIpc) is 3.05. The van der Waals surface area contributed by atoms with Crippen molar-refractivity contribution in [3.63, 3.8) is 0 Å². The van der Waals surface area contributed by atoms with Crippen LogP contribution in [0.25, 0.3) is 16.7 Å². The normalized spacial score (nSPS) is 19.0. The fraction of sp³-hybridized carbons (Fsp3) is 0.333. The van der Waals surface area contributed by atoms with Gasteiger partial charge < -0.3 is 5.73 Å². The second-order valence-electron chi connectivity index (χ2n) is 6.69. The number of anilines is 1. The number of fused-ring (bicyclic) bond motifs is 1. The molecule has 0 unspecified atom stereocenters. The summed E-state index contributed by atoms with van der Waals surface area (Å²) in [7, 11) is -3.47. The van der Waals surface area contributed by atoms with Crippen molar-refractivity contribution in [2.24, 2.45) is 0 Å². The van der Waals surface area contributed by atoms with Gasteiger partial charge in [0.05, 0.1) is 10.6 Å². The van der Waals surface area contributed by atoms with Crippen LogP contribution in [0, 0.1) is 0 Å². The first-order chi connectivity index (χ1) is 12.4. The Kier molecular flexibility index (Phi) is 4.16. The lowest BCUT2D eigenvalue weighted by atomic mass is 10.1. The smallest absolute Gasteiger partial charge is 0.243 e. The Balaban J connectivity index is 1.65. The average molecular weight is 371 g/mol. The summed E-state index contributed by atoms with van der Waals surface area (Å²) >= 11 is 0. The largest absolute Gasteiger partial charge is 0.399 e. The van der Waals surface area contributed by atoms with E-state index in [1.54, 1.807) is 40.7 Å². The van der Waals surface area contributed by atoms with E-state index in [0.717, 1.165) is 24.8 Å². The number of sulfonamides is 1. The number of rotatable bonds is 3. The van der Waals surface area contributed by atoms with Gasteiger partial charge in [-0.2, -0.15) is 9.10 Å². The third kappa shape index (κ3) is 2.95. The summed E-state index contributed by atoms with van der Waals surface area (Å²) < 4.78 is 27.4. The van der Waals surface area contributed by atoms with E-state index in [-0.39, 0.29) is 6.04 Å². The number of hydrogen-bond acceptors (Lipinski definition) is 5. The third-order valence-corrected chi connectivity index (χ3v) is 6.85. The fourth-order valence-electron chi connectivity index (χ4n) is 3.36. The van der Waals surface area contributed by atoms with E-state index in [1.165, 1.54) is 4.80 Å². The maximum atomic E-state index is 12.9. The molecule has 1 aromatic heterocycles. The fourth-order valence-corrected chi connectivity index (χ4v) is 5.06. The summed E-state index contributed by atoms with van der Waals surface area (Å²) in [5.74, 6) is 0. The van der Waals surface area contributed by atoms with Crippen LogP contribution in [-0.2, 0) is 10.0 Å². The van der Waals surface area contributed by atoms with Crippen LogP contribution in [0.5, 0.6) is 0 Å². The van der Waals surface area contributed by atoms with Gasteiger partial charge in [0.2, 0.25) is 10.0 Å². The molecule has 0 spiro atoms. The van der Waals surface area contributed by atoms with Gasteiger partial charge in [-0.1, -0.05) is 6.42 Å². The molecule has 0 aliphatic carbocycles. The Morgan fingerprint density at radius 2 is 1.77 bits per heavy atom. The number of benzene rings is 2. The van der Waals surface area contributed by atoms with Gasteiger partial charge in [-0.3, -0.25) is 0 Å². The minimum atomic E-state index is -3.47. The molecule has 4 rings (SSSR count). The minimum absolute atomic E-state index is 0.0389. The molecule has 26 heavy (non-hydrogen) atoms. The van der Waals surface area contributed by atoms with Crippen LogP contribution in [0.15, 0.2) is 47.4 Å². The highest BCUT2D eigenvalue weighted by atomic mass is 32.2. The van der Waals surface area contributed by atoms with Gasteiger partial charge in [-0.05, 0) is 62.2 Å². The van der Waals surface area contributed by atoms with Crippen molar-refractivity contribution in [2.45, 2.75) is 37.1 Å². The van der Waals surface area contributed by atoms with Gasteiger partial charge in [-0.25, -0.2) is 8.42 Å². The summed E-state index contributed by atoms with van der Waals surface area (Å²) in [6.45, 7) is 2.55. The summed E-state index contributed by atoms with van der Waals surface area (Å²) in [4.78, 5) is 1.79. The molecule has 1 aliphatic rings. The highest BCUT2D eigenvalue weighted by Gasteiger charge is 2.30. The zero-order valence-corrected chi connectivity index (χ0v) is 15.4. The molecule has 0 saturated carbocycles. The summed E-state index contributed by atoms with van der Waals surface area (Å²) in [5.41, 5.74) is 8.53. The lowest BCUT2D eigenvalue weighted by Gasteiger charge is -2.32. The first kappa shape index (κ1) is 17.0. The van der Waals surface area contributed by atoms with E-state index in [2.05, 4.69) is 10.2 Å². The van der Waals surface area contributed by atoms with Crippen LogP contribution in [0.1, 0.15) is 26.2 Å². The lowest BCUT2D eigenvalue weighted by molar-refractivity contribution is 0.268. The maximum Gasteiger partial charge on any atom is 0.243 e. The Morgan fingerprint density at radius 1 is 1.04 bits per heavy atom. The molecule has 7 nitrogen and oxygen atoms in total. The SMILES string of the molecule is C[C@H]1CCCCN1S(=O)(=O)c1ccc(-n2nc3ccc(N)cc3n2)cc1. The van der Waals surface area contributed by atoms with Gasteiger partial charge in [-0.15, -0.1) is 10.2 Å². The first-order valence-corrected chi connectivity index (χ1v) is 10.1. The van der Waals surface area contributed by atoms with E-state index in [4.69, 9.17) is 5.73 Å². The molecule has 0 amide bonds. The molecule has 1 fully saturated rings. The van der Waals surface area contributed by atoms with Crippen molar-refractivity contribution in [3.8, 4) is 5.69 Å². The zero-order chi connectivity index (χ0) is 18.3. The van der Waals surface area contributed by atoms with Crippen LogP contribution in [0.4, 0.5) is 5.69 Å². The molecule has 1 saturated heterocycles. The van der Waals surface area contributed by atoms with Gasteiger partial charge in [0, 0.05) is 18.3 Å². The van der Waals surface area contributed by atoms with Gasteiger partial charge in [0.15, 0.2) is 0 Å². The van der Waals surface area contributed by atoms with Crippen LogP contribution >= 0.6 is 0 Å². The summed E-state index contributed by atoms with van der Waals surface area (Å²) in [6, 6.07) is 12.1. The molecule has 1 atom stereocenters. The predicted octanol–water partition coefficient (Wildman–Crippen LogP) is 2.57. The Bertz CT molecular complexity index is 1040. The second kappa shape index (κ2) is 6.37. The number of nitrogens with zero attached hydrogens (tertiary/aromatic N) is 4. The van der Waals surface area contributed by atoms with Crippen molar-refractivity contribution in [1.29, 1.82) is 0 Å². The molecule has 2 aromatic carbocycles. The monoisotopic (exact) mass is 371 g/mol. The second-order valence-corrected chi connectivity index (χ2v) is 8.58. The number of aromatic nitrogens is 3. The van der Waals surface area contributed by atoms with Crippen molar-refractivity contribution < 1.29 is 8.42 Å². The maximum absolute atomic E-state index is 12.9. The molecular weight excluding hydrogens is 350 g/mol. The molecule has 2 heterocycles. The Labute approximate surface area is 152 Å². The molecule has 2 N–H and O–H groups in total.